The molecule has 17 heavy (non-hydrogen) atoms. The molecule has 0 bridgehead atoms. The summed E-state index contributed by atoms with van der Waals surface area (Å²) < 4.78 is 6.32. The van der Waals surface area contributed by atoms with Crippen molar-refractivity contribution in [3.8, 4) is 0 Å². The molecule has 1 rings (SSSR count). The van der Waals surface area contributed by atoms with Gasteiger partial charge in [0.2, 0.25) is 0 Å². The van der Waals surface area contributed by atoms with Crippen molar-refractivity contribution < 1.29 is 9.53 Å². The van der Waals surface area contributed by atoms with Crippen LogP contribution in [0.25, 0.3) is 0 Å². The van der Waals surface area contributed by atoms with Crippen LogP contribution in [0.15, 0.2) is 24.3 Å². The second kappa shape index (κ2) is 5.00. The summed E-state index contributed by atoms with van der Waals surface area (Å²) in [4.78, 5) is 18.9. The summed E-state index contributed by atoms with van der Waals surface area (Å²) >= 11 is -1.98. The fourth-order valence-corrected chi connectivity index (χ4v) is 5.09. The molecule has 0 N–H and O–H groups in total. The van der Waals surface area contributed by atoms with Gasteiger partial charge in [-0.05, 0) is 0 Å². The van der Waals surface area contributed by atoms with E-state index >= 15 is 0 Å². The molecule has 0 fully saturated rings. The van der Waals surface area contributed by atoms with Crippen LogP contribution in [-0.4, -0.2) is 31.5 Å². The van der Waals surface area contributed by atoms with E-state index in [1.165, 1.54) is 10.7 Å². The molecule has 0 aliphatic heterocycles. The molecule has 0 spiro atoms. The van der Waals surface area contributed by atoms with Crippen molar-refractivity contribution in [1.82, 2.24) is 0 Å². The Hall–Kier alpha value is -0.511. The second-order valence-corrected chi connectivity index (χ2v) is 20.4. The van der Waals surface area contributed by atoms with Crippen molar-refractivity contribution in [1.29, 1.82) is 0 Å². The Morgan fingerprint density at radius 2 is 1.59 bits per heavy atom. The molecule has 0 aliphatic carbocycles. The van der Waals surface area contributed by atoms with E-state index < -0.39 is 23.8 Å². The molecule has 0 aromatic heterocycles. The number of methoxy groups -OCH3 is 1. The summed E-state index contributed by atoms with van der Waals surface area (Å²) in [5.74, 6) is -0.190. The maximum absolute atomic E-state index is 11.7. The van der Waals surface area contributed by atoms with Gasteiger partial charge in [-0.2, -0.15) is 0 Å². The van der Waals surface area contributed by atoms with Gasteiger partial charge in [0.15, 0.2) is 0 Å². The maximum atomic E-state index is 11.7. The van der Waals surface area contributed by atoms with E-state index in [0.717, 1.165) is 5.56 Å². The number of carbonyl (C=O) groups excluding carboxylic acids is 1. The number of rotatable bonds is 3. The van der Waals surface area contributed by atoms with E-state index in [0.29, 0.717) is 0 Å². The third kappa shape index (κ3) is 3.24. The van der Waals surface area contributed by atoms with E-state index in [1.807, 2.05) is 13.8 Å². The van der Waals surface area contributed by atoms with E-state index in [2.05, 4.69) is 39.1 Å². The SMILES string of the molecule is COC(=O)C(C)(C)c1cc[c]([Sn]([CH3])([CH3])[CH3])cc1. The molecule has 0 saturated heterocycles. The van der Waals surface area contributed by atoms with Crippen LogP contribution >= 0.6 is 0 Å². The van der Waals surface area contributed by atoms with Crippen molar-refractivity contribution >= 4 is 27.9 Å². The van der Waals surface area contributed by atoms with Gasteiger partial charge in [-0.25, -0.2) is 0 Å². The number of esters is 1. The van der Waals surface area contributed by atoms with E-state index in [-0.39, 0.29) is 5.97 Å². The first-order chi connectivity index (χ1) is 7.69. The Bertz CT molecular complexity index is 399. The Labute approximate surface area is 108 Å². The molecule has 0 aliphatic rings. The van der Waals surface area contributed by atoms with Crippen molar-refractivity contribution in [2.75, 3.05) is 7.11 Å². The standard InChI is InChI=1S/C11H13O2.3CH3.Sn/c1-11(2,10(12)13-3)9-7-5-4-6-8-9;;;;/h5-8H,1-3H3;3*1H3;. The van der Waals surface area contributed by atoms with Gasteiger partial charge in [0, 0.05) is 0 Å². The number of hydrogen-bond acceptors (Lipinski definition) is 2. The van der Waals surface area contributed by atoms with Crippen LogP contribution in [-0.2, 0) is 14.9 Å². The number of hydrogen-bond donors (Lipinski definition) is 0. The number of ether oxygens (including phenoxy) is 1. The summed E-state index contributed by atoms with van der Waals surface area (Å²) in [7, 11) is 1.43. The normalized spacial score (nSPS) is 12.4. The average Bonchev–Trinajstić information content (AvgIpc) is 2.27. The van der Waals surface area contributed by atoms with Gasteiger partial charge in [0.1, 0.15) is 0 Å². The summed E-state index contributed by atoms with van der Waals surface area (Å²) in [5.41, 5.74) is 0.448. The zero-order valence-corrected chi connectivity index (χ0v) is 14.5. The third-order valence-corrected chi connectivity index (χ3v) is 9.06. The molecule has 3 heteroatoms. The van der Waals surface area contributed by atoms with Crippen molar-refractivity contribution in [2.45, 2.75) is 34.1 Å². The Morgan fingerprint density at radius 3 is 1.94 bits per heavy atom. The van der Waals surface area contributed by atoms with Crippen LogP contribution in [0, 0.1) is 0 Å². The van der Waals surface area contributed by atoms with Gasteiger partial charge in [-0.3, -0.25) is 0 Å². The van der Waals surface area contributed by atoms with Crippen LogP contribution in [0.3, 0.4) is 0 Å². The molecule has 2 nitrogen and oxygen atoms in total. The minimum absolute atomic E-state index is 0.190. The van der Waals surface area contributed by atoms with Crippen LogP contribution in [0.1, 0.15) is 19.4 Å². The average molecular weight is 341 g/mol. The fourth-order valence-electron chi connectivity index (χ4n) is 1.76. The Balaban J connectivity index is 3.07. The van der Waals surface area contributed by atoms with Crippen LogP contribution in [0.2, 0.25) is 14.8 Å². The molecule has 0 unspecified atom stereocenters. The van der Waals surface area contributed by atoms with Crippen LogP contribution < -0.4 is 3.58 Å². The quantitative estimate of drug-likeness (QED) is 0.624. The monoisotopic (exact) mass is 342 g/mol. The summed E-state index contributed by atoms with van der Waals surface area (Å²) in [6, 6.07) is 8.48. The second-order valence-electron chi connectivity index (χ2n) is 5.94. The van der Waals surface area contributed by atoms with E-state index in [1.54, 1.807) is 0 Å². The number of benzene rings is 1. The van der Waals surface area contributed by atoms with Gasteiger partial charge in [-0.15, -0.1) is 0 Å². The molecule has 0 heterocycles. The van der Waals surface area contributed by atoms with Crippen LogP contribution in [0.5, 0.6) is 0 Å². The zero-order valence-electron chi connectivity index (χ0n) is 11.6. The Kier molecular flexibility index (Phi) is 4.28. The van der Waals surface area contributed by atoms with Crippen molar-refractivity contribution in [3.63, 3.8) is 0 Å². The van der Waals surface area contributed by atoms with Crippen molar-refractivity contribution in [3.05, 3.63) is 29.8 Å². The van der Waals surface area contributed by atoms with Gasteiger partial charge in [0.25, 0.3) is 0 Å². The van der Waals surface area contributed by atoms with E-state index in [4.69, 9.17) is 4.74 Å². The number of carbonyl (C=O) groups is 1. The molecule has 0 amide bonds. The first-order valence-electron chi connectivity index (χ1n) is 5.89. The minimum atomic E-state index is -1.98. The van der Waals surface area contributed by atoms with Gasteiger partial charge < -0.3 is 0 Å². The topological polar surface area (TPSA) is 26.3 Å². The summed E-state index contributed by atoms with van der Waals surface area (Å²) in [6.45, 7) is 3.79. The van der Waals surface area contributed by atoms with Gasteiger partial charge in [0.05, 0.1) is 0 Å². The predicted octanol–water partition coefficient (Wildman–Crippen LogP) is 2.68. The van der Waals surface area contributed by atoms with E-state index in [9.17, 15) is 4.79 Å². The van der Waals surface area contributed by atoms with Gasteiger partial charge >= 0.3 is 108 Å². The third-order valence-electron chi connectivity index (χ3n) is 3.17. The fraction of sp³-hybridized carbons (Fsp3) is 0.500. The predicted molar refractivity (Wildman–Crippen MR) is 74.5 cm³/mol. The van der Waals surface area contributed by atoms with Crippen molar-refractivity contribution in [2.24, 2.45) is 0 Å². The zero-order chi connectivity index (χ0) is 13.3. The first kappa shape index (κ1) is 14.5. The Morgan fingerprint density at radius 1 is 1.12 bits per heavy atom. The molecule has 0 radical (unpaired) electrons. The molecule has 94 valence electrons. The molecule has 0 atom stereocenters. The first-order valence-corrected chi connectivity index (χ1v) is 15.9. The molecule has 1 aromatic rings. The van der Waals surface area contributed by atoms with Gasteiger partial charge in [-0.1, -0.05) is 0 Å². The summed E-state index contributed by atoms with van der Waals surface area (Å²) in [6.07, 6.45) is 0. The molecule has 1 aromatic carbocycles. The summed E-state index contributed by atoms with van der Waals surface area (Å²) in [5, 5.41) is 0. The molecule has 0 saturated carbocycles. The molecular weight excluding hydrogens is 319 g/mol. The molecular formula is C14H22O2Sn. The van der Waals surface area contributed by atoms with Crippen LogP contribution in [0.4, 0.5) is 0 Å².